The fourth-order valence-corrected chi connectivity index (χ4v) is 5.22. The topological polar surface area (TPSA) is 26.0 Å². The summed E-state index contributed by atoms with van der Waals surface area (Å²) in [7, 11) is 0. The van der Waals surface area contributed by atoms with Crippen LogP contribution in [0.1, 0.15) is 37.7 Å². The van der Waals surface area contributed by atoms with E-state index in [1.54, 1.807) is 12.1 Å². The largest absolute Gasteiger partial charge is 0.327 e. The Morgan fingerprint density at radius 2 is 1.61 bits per heavy atom. The van der Waals surface area contributed by atoms with Gasteiger partial charge in [-0.2, -0.15) is 0 Å². The smallest absolute Gasteiger partial charge is 0.123 e. The molecule has 18 heavy (non-hydrogen) atoms. The minimum atomic E-state index is -0.125. The minimum Gasteiger partial charge on any atom is -0.327 e. The maximum atomic E-state index is 13.1. The summed E-state index contributed by atoms with van der Waals surface area (Å²) < 4.78 is 13.1. The lowest BCUT2D eigenvalue weighted by atomic mass is 9.46. The summed E-state index contributed by atoms with van der Waals surface area (Å²) in [6, 6.07) is 7.68. The number of nitrogens with two attached hydrogens (primary N) is 1. The van der Waals surface area contributed by atoms with Crippen LogP contribution in [0, 0.1) is 23.6 Å². The molecule has 0 amide bonds. The van der Waals surface area contributed by atoms with Crippen molar-refractivity contribution in [2.24, 2.45) is 23.5 Å². The van der Waals surface area contributed by atoms with E-state index < -0.39 is 0 Å². The third kappa shape index (κ3) is 1.41. The van der Waals surface area contributed by atoms with Gasteiger partial charge in [0.2, 0.25) is 0 Å². The van der Waals surface area contributed by atoms with Gasteiger partial charge >= 0.3 is 0 Å². The van der Waals surface area contributed by atoms with Crippen LogP contribution in [0.15, 0.2) is 24.3 Å². The molecular weight excluding hydrogens is 225 g/mol. The van der Waals surface area contributed by atoms with Gasteiger partial charge in [-0.25, -0.2) is 4.39 Å². The second-order valence-electron chi connectivity index (χ2n) is 6.83. The van der Waals surface area contributed by atoms with E-state index in [9.17, 15) is 4.39 Å². The van der Waals surface area contributed by atoms with Gasteiger partial charge < -0.3 is 5.73 Å². The second-order valence-corrected chi connectivity index (χ2v) is 6.83. The molecule has 1 nitrogen and oxygen atoms in total. The van der Waals surface area contributed by atoms with E-state index in [0.717, 1.165) is 5.92 Å². The first-order valence-corrected chi connectivity index (χ1v) is 7.18. The van der Waals surface area contributed by atoms with Crippen molar-refractivity contribution >= 4 is 0 Å². The molecule has 0 aliphatic heterocycles. The first kappa shape index (κ1) is 11.0. The Bertz CT molecular complexity index is 450. The van der Waals surface area contributed by atoms with Crippen LogP contribution in [0.5, 0.6) is 0 Å². The number of rotatable bonds is 1. The van der Waals surface area contributed by atoms with Gasteiger partial charge in [-0.05, 0) is 73.0 Å². The monoisotopic (exact) mass is 245 g/mol. The Hall–Kier alpha value is -0.890. The normalized spacial score (nSPS) is 45.4. The number of halogens is 1. The molecule has 4 bridgehead atoms. The zero-order valence-electron chi connectivity index (χ0n) is 10.6. The van der Waals surface area contributed by atoms with Crippen molar-refractivity contribution in [1.82, 2.24) is 0 Å². The van der Waals surface area contributed by atoms with Gasteiger partial charge in [0.05, 0.1) is 0 Å². The van der Waals surface area contributed by atoms with Crippen molar-refractivity contribution in [2.75, 3.05) is 0 Å². The van der Waals surface area contributed by atoms with Crippen molar-refractivity contribution in [2.45, 2.75) is 43.6 Å². The Morgan fingerprint density at radius 1 is 1.00 bits per heavy atom. The van der Waals surface area contributed by atoms with Crippen LogP contribution < -0.4 is 5.73 Å². The standard InChI is InChI=1S/C16H20FN/c17-14-3-1-13(2-4-14)16-7-10-5-11(8-16)15(18)12(6-10)9-16/h1-4,10-12,15H,5-9,18H2. The highest BCUT2D eigenvalue weighted by molar-refractivity contribution is 5.30. The molecule has 4 aliphatic rings. The molecule has 0 aromatic heterocycles. The molecule has 2 heteroatoms. The van der Waals surface area contributed by atoms with Crippen molar-refractivity contribution in [3.8, 4) is 0 Å². The van der Waals surface area contributed by atoms with Crippen LogP contribution in [0.25, 0.3) is 0 Å². The molecule has 0 saturated heterocycles. The van der Waals surface area contributed by atoms with Crippen LogP contribution in [-0.4, -0.2) is 6.04 Å². The van der Waals surface area contributed by atoms with Crippen molar-refractivity contribution < 1.29 is 4.39 Å². The van der Waals surface area contributed by atoms with Gasteiger partial charge in [-0.3, -0.25) is 0 Å². The van der Waals surface area contributed by atoms with E-state index in [-0.39, 0.29) is 5.82 Å². The Balaban J connectivity index is 1.74. The lowest BCUT2D eigenvalue weighted by Gasteiger charge is -2.59. The zero-order chi connectivity index (χ0) is 12.3. The Kier molecular flexibility index (Phi) is 2.18. The van der Waals surface area contributed by atoms with E-state index in [4.69, 9.17) is 5.73 Å². The second kappa shape index (κ2) is 3.57. The first-order chi connectivity index (χ1) is 8.66. The average molecular weight is 245 g/mol. The molecule has 1 aromatic rings. The average Bonchev–Trinajstić information content (AvgIpc) is 2.35. The maximum Gasteiger partial charge on any atom is 0.123 e. The highest BCUT2D eigenvalue weighted by Crippen LogP contribution is 2.60. The van der Waals surface area contributed by atoms with Crippen LogP contribution in [0.3, 0.4) is 0 Å². The lowest BCUT2D eigenvalue weighted by molar-refractivity contribution is -0.0226. The molecule has 2 atom stereocenters. The van der Waals surface area contributed by atoms with Crippen molar-refractivity contribution in [1.29, 1.82) is 0 Å². The quantitative estimate of drug-likeness (QED) is 0.807. The summed E-state index contributed by atoms with van der Waals surface area (Å²) in [5, 5.41) is 0. The molecule has 0 radical (unpaired) electrons. The molecule has 96 valence electrons. The molecular formula is C16H20FN. The molecule has 1 aromatic carbocycles. The van der Waals surface area contributed by atoms with E-state index in [1.165, 1.54) is 37.7 Å². The molecule has 2 N–H and O–H groups in total. The molecule has 0 heterocycles. The highest BCUT2D eigenvalue weighted by atomic mass is 19.1. The van der Waals surface area contributed by atoms with Crippen LogP contribution in [0.4, 0.5) is 4.39 Å². The van der Waals surface area contributed by atoms with Crippen LogP contribution >= 0.6 is 0 Å². The predicted molar refractivity (Wildman–Crippen MR) is 69.6 cm³/mol. The van der Waals surface area contributed by atoms with Crippen LogP contribution in [0.2, 0.25) is 0 Å². The minimum absolute atomic E-state index is 0.125. The molecule has 0 spiro atoms. The lowest BCUT2D eigenvalue weighted by Crippen LogP contribution is -2.58. The number of benzene rings is 1. The van der Waals surface area contributed by atoms with Crippen molar-refractivity contribution in [3.63, 3.8) is 0 Å². The fourth-order valence-electron chi connectivity index (χ4n) is 5.22. The Morgan fingerprint density at radius 3 is 2.22 bits per heavy atom. The van der Waals surface area contributed by atoms with E-state index in [1.807, 2.05) is 12.1 Å². The number of hydrogen-bond donors (Lipinski definition) is 1. The summed E-state index contributed by atoms with van der Waals surface area (Å²) in [4.78, 5) is 0. The zero-order valence-corrected chi connectivity index (χ0v) is 10.6. The molecule has 4 saturated carbocycles. The predicted octanol–water partition coefficient (Wildman–Crippen LogP) is 3.23. The number of hydrogen-bond acceptors (Lipinski definition) is 1. The van der Waals surface area contributed by atoms with Gasteiger partial charge in [0.15, 0.2) is 0 Å². The maximum absolute atomic E-state index is 13.1. The summed E-state index contributed by atoms with van der Waals surface area (Å²) in [5.41, 5.74) is 8.04. The van der Waals surface area contributed by atoms with Crippen molar-refractivity contribution in [3.05, 3.63) is 35.6 Å². The SMILES string of the molecule is NC1C2CC3CC1CC(c1ccc(F)cc1)(C3)C2. The van der Waals surface area contributed by atoms with Gasteiger partial charge in [0, 0.05) is 6.04 Å². The van der Waals surface area contributed by atoms with Gasteiger partial charge in [0.25, 0.3) is 0 Å². The molecule has 4 aliphatic carbocycles. The van der Waals surface area contributed by atoms with E-state index in [2.05, 4.69) is 0 Å². The fraction of sp³-hybridized carbons (Fsp3) is 0.625. The highest BCUT2D eigenvalue weighted by Gasteiger charge is 2.54. The molecule has 4 fully saturated rings. The molecule has 5 rings (SSSR count). The van der Waals surface area contributed by atoms with E-state index >= 15 is 0 Å². The van der Waals surface area contributed by atoms with E-state index in [0.29, 0.717) is 23.3 Å². The molecule has 2 unspecified atom stereocenters. The summed E-state index contributed by atoms with van der Waals surface area (Å²) in [6.45, 7) is 0. The van der Waals surface area contributed by atoms with Gasteiger partial charge in [0.1, 0.15) is 5.82 Å². The summed E-state index contributed by atoms with van der Waals surface area (Å²) >= 11 is 0. The summed E-state index contributed by atoms with van der Waals surface area (Å²) in [6.07, 6.45) is 6.43. The Labute approximate surface area is 108 Å². The summed E-state index contributed by atoms with van der Waals surface area (Å²) in [5.74, 6) is 2.16. The third-order valence-electron chi connectivity index (χ3n) is 5.80. The van der Waals surface area contributed by atoms with Gasteiger partial charge in [-0.15, -0.1) is 0 Å². The third-order valence-corrected chi connectivity index (χ3v) is 5.80. The first-order valence-electron chi connectivity index (χ1n) is 7.18. The van der Waals surface area contributed by atoms with Crippen LogP contribution in [-0.2, 0) is 5.41 Å². The van der Waals surface area contributed by atoms with Gasteiger partial charge in [-0.1, -0.05) is 12.1 Å².